The first-order valence-electron chi connectivity index (χ1n) is 5.63. The van der Waals surface area contributed by atoms with Gasteiger partial charge in [-0.15, -0.1) is 0 Å². The highest BCUT2D eigenvalue weighted by Gasteiger charge is 2.21. The predicted molar refractivity (Wildman–Crippen MR) is 71.3 cm³/mol. The number of halogens is 1. The van der Waals surface area contributed by atoms with Crippen LogP contribution in [-0.2, 0) is 11.3 Å². The molecular weight excluding hydrogens is 287 g/mol. The zero-order chi connectivity index (χ0) is 14.7. The van der Waals surface area contributed by atoms with Crippen LogP contribution in [0.5, 0.6) is 0 Å². The number of nitrogens with one attached hydrogen (secondary N) is 1. The normalized spacial score (nSPS) is 10.7. The highest BCUT2D eigenvalue weighted by atomic mass is 32.1. The Balaban J connectivity index is 2.57. The summed E-state index contributed by atoms with van der Waals surface area (Å²) in [6.07, 6.45) is 0. The molecule has 0 aliphatic carbocycles. The Labute approximate surface area is 118 Å². The molecule has 2 rings (SSSR count). The van der Waals surface area contributed by atoms with Crippen molar-refractivity contribution in [3.05, 3.63) is 38.9 Å². The van der Waals surface area contributed by atoms with Crippen LogP contribution in [0, 0.1) is 20.7 Å². The highest BCUT2D eigenvalue weighted by Crippen LogP contribution is 2.29. The Morgan fingerprint density at radius 2 is 2.35 bits per heavy atom. The maximum Gasteiger partial charge on any atom is 0.283 e. The summed E-state index contributed by atoms with van der Waals surface area (Å²) in [7, 11) is 1.53. The number of nitro groups is 1. The van der Waals surface area contributed by atoms with Crippen LogP contribution in [-0.4, -0.2) is 33.4 Å². The second-order valence-corrected chi connectivity index (χ2v) is 4.30. The van der Waals surface area contributed by atoms with E-state index in [-0.39, 0.29) is 17.1 Å². The topological polar surface area (TPSA) is 86.0 Å². The standard InChI is InChI=1S/C11H11FN4O3S/c1-19-5-4-15-10(13-14-11(15)20)8-3-2-7(12)6-9(8)16(17)18/h2-3,6H,4-5H2,1H3,(H,14,20). The number of H-pyrrole nitrogens is 1. The van der Waals surface area contributed by atoms with Crippen LogP contribution in [0.2, 0.25) is 0 Å². The number of rotatable bonds is 5. The fourth-order valence-corrected chi connectivity index (χ4v) is 1.98. The zero-order valence-electron chi connectivity index (χ0n) is 10.5. The van der Waals surface area contributed by atoms with E-state index in [0.29, 0.717) is 17.9 Å². The van der Waals surface area contributed by atoms with Crippen molar-refractivity contribution in [3.8, 4) is 11.4 Å². The van der Waals surface area contributed by atoms with E-state index in [4.69, 9.17) is 17.0 Å². The number of aromatic nitrogens is 3. The largest absolute Gasteiger partial charge is 0.383 e. The molecule has 0 saturated heterocycles. The molecule has 1 aromatic heterocycles. The van der Waals surface area contributed by atoms with E-state index >= 15 is 0 Å². The number of methoxy groups -OCH3 is 1. The Hall–Kier alpha value is -2.13. The minimum atomic E-state index is -0.682. The average molecular weight is 298 g/mol. The van der Waals surface area contributed by atoms with E-state index in [9.17, 15) is 14.5 Å². The second-order valence-electron chi connectivity index (χ2n) is 3.92. The fraction of sp³-hybridized carbons (Fsp3) is 0.273. The lowest BCUT2D eigenvalue weighted by Gasteiger charge is -2.06. The molecule has 0 unspecified atom stereocenters. The summed E-state index contributed by atoms with van der Waals surface area (Å²) in [5.41, 5.74) is -0.169. The van der Waals surface area contributed by atoms with Gasteiger partial charge in [0.15, 0.2) is 10.6 Å². The van der Waals surface area contributed by atoms with Gasteiger partial charge >= 0.3 is 0 Å². The summed E-state index contributed by atoms with van der Waals surface area (Å²) in [6, 6.07) is 3.30. The van der Waals surface area contributed by atoms with Gasteiger partial charge in [-0.25, -0.2) is 4.39 Å². The number of nitro benzene ring substituents is 1. The molecule has 9 heteroatoms. The van der Waals surface area contributed by atoms with E-state index < -0.39 is 10.7 Å². The van der Waals surface area contributed by atoms with Crippen molar-refractivity contribution < 1.29 is 14.1 Å². The van der Waals surface area contributed by atoms with E-state index in [1.807, 2.05) is 0 Å². The van der Waals surface area contributed by atoms with Crippen LogP contribution in [0.15, 0.2) is 18.2 Å². The van der Waals surface area contributed by atoms with Crippen LogP contribution in [0.25, 0.3) is 11.4 Å². The number of aromatic amines is 1. The monoisotopic (exact) mass is 298 g/mol. The summed E-state index contributed by atoms with van der Waals surface area (Å²) >= 11 is 5.07. The Kier molecular flexibility index (Phi) is 4.20. The number of benzene rings is 1. The molecule has 0 saturated carbocycles. The molecule has 0 radical (unpaired) electrons. The van der Waals surface area contributed by atoms with E-state index in [0.717, 1.165) is 12.1 Å². The van der Waals surface area contributed by atoms with Crippen LogP contribution >= 0.6 is 12.2 Å². The van der Waals surface area contributed by atoms with E-state index in [2.05, 4.69) is 10.2 Å². The molecule has 0 spiro atoms. The van der Waals surface area contributed by atoms with Gasteiger partial charge in [-0.2, -0.15) is 5.10 Å². The van der Waals surface area contributed by atoms with Crippen molar-refractivity contribution in [1.29, 1.82) is 0 Å². The molecule has 20 heavy (non-hydrogen) atoms. The quantitative estimate of drug-likeness (QED) is 0.520. The molecule has 106 valence electrons. The van der Waals surface area contributed by atoms with Gasteiger partial charge in [0.05, 0.1) is 29.7 Å². The summed E-state index contributed by atoms with van der Waals surface area (Å²) in [6.45, 7) is 0.755. The van der Waals surface area contributed by atoms with Crippen molar-refractivity contribution in [2.75, 3.05) is 13.7 Å². The number of nitrogens with zero attached hydrogens (tertiary/aromatic N) is 3. The first-order valence-corrected chi connectivity index (χ1v) is 6.04. The van der Waals surface area contributed by atoms with Crippen LogP contribution in [0.1, 0.15) is 0 Å². The number of hydrogen-bond acceptors (Lipinski definition) is 5. The van der Waals surface area contributed by atoms with Gasteiger partial charge in [0, 0.05) is 7.11 Å². The van der Waals surface area contributed by atoms with Gasteiger partial charge < -0.3 is 4.74 Å². The third-order valence-electron chi connectivity index (χ3n) is 2.67. The minimum Gasteiger partial charge on any atom is -0.383 e. The van der Waals surface area contributed by atoms with Crippen molar-refractivity contribution in [3.63, 3.8) is 0 Å². The zero-order valence-corrected chi connectivity index (χ0v) is 11.3. The molecule has 1 heterocycles. The van der Waals surface area contributed by atoms with Crippen molar-refractivity contribution in [2.24, 2.45) is 0 Å². The molecule has 2 aromatic rings. The SMILES string of the molecule is COCCn1c(-c2ccc(F)cc2[N+](=O)[O-])n[nH]c1=S. The van der Waals surface area contributed by atoms with Crippen molar-refractivity contribution >= 4 is 17.9 Å². The molecule has 0 aliphatic rings. The van der Waals surface area contributed by atoms with Crippen LogP contribution < -0.4 is 0 Å². The van der Waals surface area contributed by atoms with Gasteiger partial charge in [0.25, 0.3) is 5.69 Å². The fourth-order valence-electron chi connectivity index (χ4n) is 1.76. The molecule has 1 N–H and O–H groups in total. The third-order valence-corrected chi connectivity index (χ3v) is 2.99. The lowest BCUT2D eigenvalue weighted by atomic mass is 10.1. The molecule has 0 atom stereocenters. The molecule has 1 aromatic carbocycles. The third kappa shape index (κ3) is 2.73. The van der Waals surface area contributed by atoms with Crippen LogP contribution in [0.3, 0.4) is 0 Å². The van der Waals surface area contributed by atoms with Gasteiger partial charge in [-0.05, 0) is 24.4 Å². The molecule has 0 bridgehead atoms. The molecular formula is C11H11FN4O3S. The van der Waals surface area contributed by atoms with E-state index in [1.165, 1.54) is 13.2 Å². The summed E-state index contributed by atoms with van der Waals surface area (Å²) in [5, 5.41) is 17.6. The molecule has 0 amide bonds. The Bertz CT molecular complexity index is 697. The maximum atomic E-state index is 13.2. The maximum absolute atomic E-state index is 13.2. The molecule has 0 aliphatic heterocycles. The smallest absolute Gasteiger partial charge is 0.283 e. The van der Waals surface area contributed by atoms with Crippen LogP contribution in [0.4, 0.5) is 10.1 Å². The second kappa shape index (κ2) is 5.88. The van der Waals surface area contributed by atoms with Gasteiger partial charge in [-0.1, -0.05) is 0 Å². The van der Waals surface area contributed by atoms with E-state index in [1.54, 1.807) is 4.57 Å². The van der Waals surface area contributed by atoms with Gasteiger partial charge in [-0.3, -0.25) is 19.8 Å². The van der Waals surface area contributed by atoms with Crippen molar-refractivity contribution in [1.82, 2.24) is 14.8 Å². The molecule has 0 fully saturated rings. The highest BCUT2D eigenvalue weighted by molar-refractivity contribution is 7.71. The first-order chi connectivity index (χ1) is 9.54. The van der Waals surface area contributed by atoms with Crippen molar-refractivity contribution in [2.45, 2.75) is 6.54 Å². The summed E-state index contributed by atoms with van der Waals surface area (Å²) < 4.78 is 20.0. The number of ether oxygens (including phenoxy) is 1. The molecule has 7 nitrogen and oxygen atoms in total. The minimum absolute atomic E-state index is 0.194. The van der Waals surface area contributed by atoms with Gasteiger partial charge in [0.1, 0.15) is 5.82 Å². The Morgan fingerprint density at radius 3 is 3.00 bits per heavy atom. The average Bonchev–Trinajstić information content (AvgIpc) is 2.77. The summed E-state index contributed by atoms with van der Waals surface area (Å²) in [5.74, 6) is -0.406. The lowest BCUT2D eigenvalue weighted by molar-refractivity contribution is -0.384. The van der Waals surface area contributed by atoms with Gasteiger partial charge in [0.2, 0.25) is 0 Å². The summed E-state index contributed by atoms with van der Waals surface area (Å²) in [4.78, 5) is 10.4. The number of hydrogen-bond donors (Lipinski definition) is 1. The predicted octanol–water partition coefficient (Wildman–Crippen LogP) is 2.30. The Morgan fingerprint density at radius 1 is 1.60 bits per heavy atom. The lowest BCUT2D eigenvalue weighted by Crippen LogP contribution is -2.07. The first kappa shape index (κ1) is 14.3.